The fraction of sp³-hybridized carbons (Fsp3) is 0.407. The summed E-state index contributed by atoms with van der Waals surface area (Å²) in [6.45, 7) is 0.557. The molecule has 220 valence electrons. The molecule has 0 spiro atoms. The molecule has 2 aromatic rings. The van der Waals surface area contributed by atoms with Gasteiger partial charge in [-0.05, 0) is 49.1 Å². The molecule has 1 saturated carbocycles. The summed E-state index contributed by atoms with van der Waals surface area (Å²) in [7, 11) is -4.93. The van der Waals surface area contributed by atoms with E-state index in [1.165, 1.54) is 62.1 Å². The molecule has 0 bridgehead atoms. The number of carbonyl (C=O) groups excluding carboxylic acids is 3. The Labute approximate surface area is 242 Å². The maximum atomic E-state index is 13.8. The number of amides is 4. The number of hydrazone groups is 1. The summed E-state index contributed by atoms with van der Waals surface area (Å²) in [5, 5.41) is 6.41. The molecule has 1 fully saturated rings. The second kappa shape index (κ2) is 14.0. The number of benzene rings is 2. The third-order valence-electron chi connectivity index (χ3n) is 7.02. The van der Waals surface area contributed by atoms with Crippen LogP contribution in [0.4, 0.5) is 10.5 Å². The van der Waals surface area contributed by atoms with Gasteiger partial charge in [0.15, 0.2) is 0 Å². The van der Waals surface area contributed by atoms with Crippen molar-refractivity contribution in [2.75, 3.05) is 17.2 Å². The predicted molar refractivity (Wildman–Crippen MR) is 156 cm³/mol. The zero-order valence-electron chi connectivity index (χ0n) is 22.4. The molecular weight excluding hydrogens is 569 g/mol. The summed E-state index contributed by atoms with van der Waals surface area (Å²) in [5.41, 5.74) is 7.88. The normalized spacial score (nSPS) is 18.0. The van der Waals surface area contributed by atoms with Gasteiger partial charge in [0.25, 0.3) is 5.91 Å². The molecule has 1 atom stereocenters. The number of para-hydroxylation sites is 1. The highest BCUT2D eigenvalue weighted by atomic mass is 32.2. The summed E-state index contributed by atoms with van der Waals surface area (Å²) in [5.74, 6) is -0.0210. The van der Waals surface area contributed by atoms with E-state index in [0.717, 1.165) is 29.6 Å². The molecule has 6 N–H and O–H groups in total. The van der Waals surface area contributed by atoms with Gasteiger partial charge in [-0.25, -0.2) is 14.8 Å². The Bertz CT molecular complexity index is 1350. The van der Waals surface area contributed by atoms with E-state index in [1.54, 1.807) is 4.90 Å². The van der Waals surface area contributed by atoms with E-state index in [0.29, 0.717) is 18.2 Å². The van der Waals surface area contributed by atoms with Gasteiger partial charge in [0.2, 0.25) is 5.91 Å². The zero-order valence-corrected chi connectivity index (χ0v) is 24.1. The zero-order chi connectivity index (χ0) is 29.4. The van der Waals surface area contributed by atoms with Crippen LogP contribution in [0.25, 0.3) is 0 Å². The lowest BCUT2D eigenvalue weighted by Crippen LogP contribution is -2.49. The Hall–Kier alpha value is -3.38. The van der Waals surface area contributed by atoms with E-state index in [2.05, 4.69) is 14.9 Å². The predicted octanol–water partition coefficient (Wildman–Crippen LogP) is 3.76. The molecule has 1 heterocycles. The van der Waals surface area contributed by atoms with Crippen molar-refractivity contribution in [1.29, 1.82) is 0 Å². The van der Waals surface area contributed by atoms with Crippen LogP contribution in [0.2, 0.25) is 0 Å². The Morgan fingerprint density at radius 2 is 1.93 bits per heavy atom. The van der Waals surface area contributed by atoms with Crippen molar-refractivity contribution in [3.05, 3.63) is 53.6 Å². The number of nitrogens with one attached hydrogen (secondary N) is 2. The second-order valence-corrected chi connectivity index (χ2v) is 12.2. The van der Waals surface area contributed by atoms with Gasteiger partial charge >= 0.3 is 13.9 Å². The standard InChI is InChI=1S/C27H34N5O7PS/c28-27(35)31-29-16-20-15-19(12-13-23(20)39-40(36,37)38)25(33)30-21-17-41-24-11-5-4-10-22(24)32(26(21)34)14-6-9-18-7-2-1-3-8-18/h4-5,10-13,15-16,18,21H,1-3,6-9,14,17H2,(H,30,33)(H3,28,31,35)(H2,36,37,38). The smallest absolute Gasteiger partial charge is 0.404 e. The molecule has 2 aromatic carbocycles. The molecule has 4 amide bonds. The van der Waals surface area contributed by atoms with E-state index < -0.39 is 25.8 Å². The van der Waals surface area contributed by atoms with Crippen LogP contribution in [0.15, 0.2) is 52.5 Å². The van der Waals surface area contributed by atoms with Gasteiger partial charge in [-0.1, -0.05) is 44.2 Å². The molecule has 14 heteroatoms. The number of phosphoric acid groups is 1. The number of thioether (sulfide) groups is 1. The van der Waals surface area contributed by atoms with Crippen LogP contribution < -0.4 is 25.9 Å². The van der Waals surface area contributed by atoms with Crippen LogP contribution in [0, 0.1) is 5.92 Å². The maximum absolute atomic E-state index is 13.8. The number of fused-ring (bicyclic) bond motifs is 1. The first-order valence-corrected chi connectivity index (χ1v) is 15.9. The van der Waals surface area contributed by atoms with Crippen LogP contribution in [-0.2, 0) is 9.36 Å². The Morgan fingerprint density at radius 3 is 2.66 bits per heavy atom. The van der Waals surface area contributed by atoms with Crippen molar-refractivity contribution in [2.45, 2.75) is 55.9 Å². The van der Waals surface area contributed by atoms with Gasteiger partial charge < -0.3 is 20.5 Å². The molecular formula is C27H34N5O7PS. The number of phosphoric ester groups is 1. The quantitative estimate of drug-likeness (QED) is 0.154. The first-order valence-electron chi connectivity index (χ1n) is 13.4. The topological polar surface area (TPSA) is 184 Å². The monoisotopic (exact) mass is 603 g/mol. The van der Waals surface area contributed by atoms with E-state index >= 15 is 0 Å². The third-order valence-corrected chi connectivity index (χ3v) is 8.61. The minimum absolute atomic E-state index is 0.00645. The van der Waals surface area contributed by atoms with Crippen LogP contribution in [-0.4, -0.2) is 52.2 Å². The van der Waals surface area contributed by atoms with Gasteiger partial charge in [-0.2, -0.15) is 5.10 Å². The Morgan fingerprint density at radius 1 is 1.17 bits per heavy atom. The molecule has 2 aliphatic rings. The van der Waals surface area contributed by atoms with Crippen molar-refractivity contribution in [3.8, 4) is 5.75 Å². The largest absolute Gasteiger partial charge is 0.524 e. The van der Waals surface area contributed by atoms with E-state index in [-0.39, 0.29) is 22.8 Å². The van der Waals surface area contributed by atoms with Gasteiger partial charge in [-0.15, -0.1) is 11.8 Å². The molecule has 1 aliphatic carbocycles. The number of nitrogens with two attached hydrogens (primary N) is 1. The Balaban J connectivity index is 1.51. The second-order valence-electron chi connectivity index (χ2n) is 10.0. The van der Waals surface area contributed by atoms with Crippen molar-refractivity contribution < 1.29 is 33.3 Å². The van der Waals surface area contributed by atoms with E-state index in [1.807, 2.05) is 29.7 Å². The first-order chi connectivity index (χ1) is 19.6. The fourth-order valence-electron chi connectivity index (χ4n) is 5.11. The SMILES string of the molecule is NC(=O)NN=Cc1cc(C(=O)NC2CSc3ccccc3N(CCCC3CCCCC3)C2=O)ccc1OP(=O)(O)O. The molecule has 0 aromatic heterocycles. The van der Waals surface area contributed by atoms with E-state index in [9.17, 15) is 28.7 Å². The van der Waals surface area contributed by atoms with Crippen LogP contribution in [0.5, 0.6) is 5.75 Å². The highest BCUT2D eigenvalue weighted by Gasteiger charge is 2.32. The van der Waals surface area contributed by atoms with Gasteiger partial charge in [0, 0.05) is 28.3 Å². The number of urea groups is 1. The number of anilines is 1. The molecule has 4 rings (SSSR count). The average molecular weight is 604 g/mol. The highest BCUT2D eigenvalue weighted by Crippen LogP contribution is 2.39. The van der Waals surface area contributed by atoms with Crippen molar-refractivity contribution in [3.63, 3.8) is 0 Å². The Kier molecular flexibility index (Phi) is 10.4. The molecule has 1 unspecified atom stereocenters. The maximum Gasteiger partial charge on any atom is 0.524 e. The number of rotatable bonds is 10. The molecule has 0 saturated heterocycles. The summed E-state index contributed by atoms with van der Waals surface area (Å²) in [4.78, 5) is 59.2. The summed E-state index contributed by atoms with van der Waals surface area (Å²) < 4.78 is 16.1. The molecule has 12 nitrogen and oxygen atoms in total. The lowest BCUT2D eigenvalue weighted by Gasteiger charge is -2.27. The number of primary amides is 1. The van der Waals surface area contributed by atoms with Gasteiger partial charge in [0.05, 0.1) is 11.9 Å². The van der Waals surface area contributed by atoms with Crippen molar-refractivity contribution >= 4 is 49.3 Å². The summed E-state index contributed by atoms with van der Waals surface area (Å²) in [6.07, 6.45) is 9.28. The molecule has 1 aliphatic heterocycles. The van der Waals surface area contributed by atoms with Crippen LogP contribution in [0.3, 0.4) is 0 Å². The lowest BCUT2D eigenvalue weighted by molar-refractivity contribution is -0.119. The minimum atomic E-state index is -4.93. The number of hydrogen-bond acceptors (Lipinski definition) is 7. The van der Waals surface area contributed by atoms with Crippen molar-refractivity contribution in [1.82, 2.24) is 10.7 Å². The third kappa shape index (κ3) is 8.80. The van der Waals surface area contributed by atoms with Crippen LogP contribution in [0.1, 0.15) is 60.9 Å². The lowest BCUT2D eigenvalue weighted by atomic mass is 9.86. The molecule has 0 radical (unpaired) electrons. The average Bonchev–Trinajstić information content (AvgIpc) is 3.06. The number of hydrogen-bond donors (Lipinski definition) is 5. The number of nitrogens with zero attached hydrogens (tertiary/aromatic N) is 2. The highest BCUT2D eigenvalue weighted by molar-refractivity contribution is 7.99. The minimum Gasteiger partial charge on any atom is -0.404 e. The summed E-state index contributed by atoms with van der Waals surface area (Å²) >= 11 is 1.49. The first kappa shape index (κ1) is 30.6. The molecule has 41 heavy (non-hydrogen) atoms. The number of carbonyl (C=O) groups is 3. The summed E-state index contributed by atoms with van der Waals surface area (Å²) in [6, 6.07) is 9.73. The van der Waals surface area contributed by atoms with Gasteiger partial charge in [0.1, 0.15) is 11.8 Å². The fourth-order valence-corrected chi connectivity index (χ4v) is 6.61. The van der Waals surface area contributed by atoms with Crippen molar-refractivity contribution in [2.24, 2.45) is 16.8 Å². The van der Waals surface area contributed by atoms with Crippen LogP contribution >= 0.6 is 19.6 Å². The van der Waals surface area contributed by atoms with E-state index in [4.69, 9.17) is 5.73 Å². The van der Waals surface area contributed by atoms with Gasteiger partial charge in [-0.3, -0.25) is 19.4 Å².